The van der Waals surface area contributed by atoms with Gasteiger partial charge in [0.1, 0.15) is 5.75 Å². The smallest absolute Gasteiger partial charge is 0.243 e. The fourth-order valence-electron chi connectivity index (χ4n) is 4.04. The second kappa shape index (κ2) is 8.33. The summed E-state index contributed by atoms with van der Waals surface area (Å²) in [5.74, 6) is 1.52. The molecule has 0 unspecified atom stereocenters. The molecule has 1 aliphatic rings. The molecule has 0 N–H and O–H groups in total. The third kappa shape index (κ3) is 3.85. The van der Waals surface area contributed by atoms with Crippen LogP contribution in [0.25, 0.3) is 16.8 Å². The van der Waals surface area contributed by atoms with Crippen LogP contribution >= 0.6 is 0 Å². The number of rotatable bonds is 5. The van der Waals surface area contributed by atoms with Gasteiger partial charge in [0, 0.05) is 43.2 Å². The van der Waals surface area contributed by atoms with Crippen molar-refractivity contribution in [1.29, 1.82) is 0 Å². The lowest BCUT2D eigenvalue weighted by Crippen LogP contribution is -2.38. The fourth-order valence-corrected chi connectivity index (χ4v) is 5.51. The van der Waals surface area contributed by atoms with Crippen molar-refractivity contribution < 1.29 is 13.2 Å². The van der Waals surface area contributed by atoms with Gasteiger partial charge in [-0.3, -0.25) is 4.98 Å². The summed E-state index contributed by atoms with van der Waals surface area (Å²) in [4.78, 5) is 9.04. The Morgan fingerprint density at radius 3 is 2.34 bits per heavy atom. The number of aromatic nitrogens is 4. The number of nitrogens with zero attached hydrogens (tertiary/aromatic N) is 5. The molecule has 4 heterocycles. The van der Waals surface area contributed by atoms with Gasteiger partial charge in [-0.1, -0.05) is 0 Å². The Hall–Kier alpha value is -3.30. The van der Waals surface area contributed by atoms with Crippen LogP contribution < -0.4 is 4.74 Å². The maximum Gasteiger partial charge on any atom is 0.243 e. The number of methoxy groups -OCH3 is 1. The monoisotopic (exact) mass is 449 g/mol. The molecule has 8 nitrogen and oxygen atoms in total. The predicted molar refractivity (Wildman–Crippen MR) is 120 cm³/mol. The lowest BCUT2D eigenvalue weighted by molar-refractivity contribution is 0.313. The van der Waals surface area contributed by atoms with Crippen LogP contribution in [0.5, 0.6) is 5.75 Å². The molecule has 164 valence electrons. The summed E-state index contributed by atoms with van der Waals surface area (Å²) in [6.45, 7) is 0.883. The van der Waals surface area contributed by atoms with Gasteiger partial charge in [-0.2, -0.15) is 9.40 Å². The Morgan fingerprint density at radius 1 is 0.938 bits per heavy atom. The minimum Gasteiger partial charge on any atom is -0.497 e. The number of hydrogen-bond acceptors (Lipinski definition) is 6. The quantitative estimate of drug-likeness (QED) is 0.464. The number of benzene rings is 1. The van der Waals surface area contributed by atoms with Crippen LogP contribution in [-0.4, -0.2) is 52.5 Å². The third-order valence-electron chi connectivity index (χ3n) is 5.88. The molecule has 4 aromatic rings. The van der Waals surface area contributed by atoms with E-state index >= 15 is 0 Å². The summed E-state index contributed by atoms with van der Waals surface area (Å²) >= 11 is 0. The number of ether oxygens (including phenoxy) is 1. The van der Waals surface area contributed by atoms with Crippen molar-refractivity contribution in [2.24, 2.45) is 0 Å². The van der Waals surface area contributed by atoms with E-state index in [-0.39, 0.29) is 10.8 Å². The van der Waals surface area contributed by atoms with Gasteiger partial charge in [-0.25, -0.2) is 17.9 Å². The zero-order valence-corrected chi connectivity index (χ0v) is 18.4. The van der Waals surface area contributed by atoms with Crippen LogP contribution in [0.3, 0.4) is 0 Å². The zero-order valence-electron chi connectivity index (χ0n) is 17.6. The lowest BCUT2D eigenvalue weighted by atomic mass is 9.98. The molecule has 1 aliphatic heterocycles. The third-order valence-corrected chi connectivity index (χ3v) is 7.79. The van der Waals surface area contributed by atoms with E-state index < -0.39 is 10.0 Å². The molecule has 0 aliphatic carbocycles. The van der Waals surface area contributed by atoms with E-state index in [9.17, 15) is 8.42 Å². The highest BCUT2D eigenvalue weighted by atomic mass is 32.2. The maximum atomic E-state index is 13.0. The van der Waals surface area contributed by atoms with E-state index in [1.165, 1.54) is 0 Å². The Balaban J connectivity index is 1.31. The Labute approximate surface area is 186 Å². The number of hydrogen-bond donors (Lipinski definition) is 0. The van der Waals surface area contributed by atoms with Crippen molar-refractivity contribution in [3.8, 4) is 16.9 Å². The molecule has 32 heavy (non-hydrogen) atoms. The van der Waals surface area contributed by atoms with E-state index in [1.807, 2.05) is 30.5 Å². The molecule has 3 aromatic heterocycles. The summed E-state index contributed by atoms with van der Waals surface area (Å²) in [5, 5.41) is 4.70. The first-order valence-corrected chi connectivity index (χ1v) is 11.9. The first-order valence-electron chi connectivity index (χ1n) is 10.5. The second-order valence-corrected chi connectivity index (χ2v) is 9.72. The maximum absolute atomic E-state index is 13.0. The first kappa shape index (κ1) is 20.6. The summed E-state index contributed by atoms with van der Waals surface area (Å²) in [6.07, 6.45) is 6.86. The molecule has 0 spiro atoms. The van der Waals surface area contributed by atoms with Crippen molar-refractivity contribution in [1.82, 2.24) is 23.9 Å². The normalized spacial score (nSPS) is 15.8. The van der Waals surface area contributed by atoms with Gasteiger partial charge in [0.05, 0.1) is 12.0 Å². The predicted octanol–water partition coefficient (Wildman–Crippen LogP) is 3.37. The molecular weight excluding hydrogens is 426 g/mol. The van der Waals surface area contributed by atoms with E-state index in [2.05, 4.69) is 4.98 Å². The Morgan fingerprint density at radius 2 is 1.66 bits per heavy atom. The molecule has 0 atom stereocenters. The van der Waals surface area contributed by atoms with Crippen molar-refractivity contribution in [3.63, 3.8) is 0 Å². The van der Waals surface area contributed by atoms with Crippen LogP contribution in [0, 0.1) is 0 Å². The lowest BCUT2D eigenvalue weighted by Gasteiger charge is -2.30. The van der Waals surface area contributed by atoms with Gasteiger partial charge < -0.3 is 4.74 Å². The minimum atomic E-state index is -3.53. The Bertz CT molecular complexity index is 1330. The molecule has 9 heteroatoms. The molecule has 1 saturated heterocycles. The summed E-state index contributed by atoms with van der Waals surface area (Å²) in [7, 11) is -1.97. The number of sulfonamides is 1. The van der Waals surface area contributed by atoms with E-state index in [1.54, 1.807) is 52.6 Å². The SMILES string of the molecule is COc1ccc(S(=O)(=O)N2CCC(c3nc4ccc(-c5ccncc5)cn4n3)CC2)cc1. The molecule has 5 rings (SSSR count). The standard InChI is InChI=1S/C23H23N5O3S/c1-31-20-3-5-21(6-4-20)32(29,30)27-14-10-18(11-15-27)23-25-22-7-2-19(16-28(22)26-23)17-8-12-24-13-9-17/h2-9,12-13,16,18H,10-11,14-15H2,1H3. The van der Waals surface area contributed by atoms with E-state index in [0.717, 1.165) is 22.6 Å². The van der Waals surface area contributed by atoms with Crippen LogP contribution in [0.2, 0.25) is 0 Å². The van der Waals surface area contributed by atoms with Gasteiger partial charge in [-0.15, -0.1) is 0 Å². The fraction of sp³-hybridized carbons (Fsp3) is 0.261. The first-order chi connectivity index (χ1) is 15.5. The zero-order chi connectivity index (χ0) is 22.1. The second-order valence-electron chi connectivity index (χ2n) is 7.78. The Kier molecular flexibility index (Phi) is 5.36. The molecule has 1 fully saturated rings. The van der Waals surface area contributed by atoms with Gasteiger partial charge >= 0.3 is 0 Å². The molecule has 0 bridgehead atoms. The van der Waals surface area contributed by atoms with Crippen LogP contribution in [0.1, 0.15) is 24.6 Å². The molecule has 1 aromatic carbocycles. The van der Waals surface area contributed by atoms with Gasteiger partial charge in [0.15, 0.2) is 11.5 Å². The van der Waals surface area contributed by atoms with Gasteiger partial charge in [-0.05, 0) is 66.9 Å². The average Bonchev–Trinajstić information content (AvgIpc) is 3.28. The van der Waals surface area contributed by atoms with Crippen molar-refractivity contribution in [2.45, 2.75) is 23.7 Å². The summed E-state index contributed by atoms with van der Waals surface area (Å²) < 4.78 is 34.4. The van der Waals surface area contributed by atoms with Crippen LogP contribution in [0.15, 0.2) is 72.0 Å². The molecule has 0 amide bonds. The summed E-state index contributed by atoms with van der Waals surface area (Å²) in [5.41, 5.74) is 2.89. The van der Waals surface area contributed by atoms with Crippen molar-refractivity contribution in [2.75, 3.05) is 20.2 Å². The van der Waals surface area contributed by atoms with Crippen LogP contribution in [0.4, 0.5) is 0 Å². The van der Waals surface area contributed by atoms with E-state index in [4.69, 9.17) is 14.8 Å². The summed E-state index contributed by atoms with van der Waals surface area (Å²) in [6, 6.07) is 14.4. The average molecular weight is 450 g/mol. The number of pyridine rings is 2. The van der Waals surface area contributed by atoms with Gasteiger partial charge in [0.2, 0.25) is 10.0 Å². The number of fused-ring (bicyclic) bond motifs is 1. The minimum absolute atomic E-state index is 0.126. The van der Waals surface area contributed by atoms with E-state index in [0.29, 0.717) is 31.7 Å². The molecule has 0 radical (unpaired) electrons. The van der Waals surface area contributed by atoms with Crippen molar-refractivity contribution >= 4 is 15.7 Å². The topological polar surface area (TPSA) is 89.7 Å². The highest BCUT2D eigenvalue weighted by Gasteiger charge is 2.31. The number of piperidine rings is 1. The van der Waals surface area contributed by atoms with Crippen LogP contribution in [-0.2, 0) is 10.0 Å². The molecule has 0 saturated carbocycles. The highest BCUT2D eigenvalue weighted by Crippen LogP contribution is 2.30. The largest absolute Gasteiger partial charge is 0.497 e. The van der Waals surface area contributed by atoms with Crippen molar-refractivity contribution in [3.05, 3.63) is 72.9 Å². The van der Waals surface area contributed by atoms with Gasteiger partial charge in [0.25, 0.3) is 0 Å². The molecular formula is C23H23N5O3S. The highest BCUT2D eigenvalue weighted by molar-refractivity contribution is 7.89.